The number of aliphatic hydroxyl groups is 4. The summed E-state index contributed by atoms with van der Waals surface area (Å²) >= 11 is 6.77. The molecular weight excluding hydrogens is 404 g/mol. The summed E-state index contributed by atoms with van der Waals surface area (Å²) in [5, 5.41) is 41.3. The number of benzene rings is 2. The maximum absolute atomic E-state index is 10.7. The van der Waals surface area contributed by atoms with Crippen LogP contribution in [0.1, 0.15) is 45.9 Å². The lowest BCUT2D eigenvalue weighted by Crippen LogP contribution is -2.55. The Labute approximate surface area is 181 Å². The van der Waals surface area contributed by atoms with Gasteiger partial charge in [0.05, 0.1) is 6.61 Å². The van der Waals surface area contributed by atoms with Crippen molar-refractivity contribution in [1.82, 2.24) is 0 Å². The maximum atomic E-state index is 10.7. The van der Waals surface area contributed by atoms with Gasteiger partial charge < -0.3 is 25.2 Å². The van der Waals surface area contributed by atoms with Crippen molar-refractivity contribution in [3.63, 3.8) is 0 Å². The molecule has 6 heteroatoms. The molecule has 30 heavy (non-hydrogen) atoms. The highest BCUT2D eigenvalue weighted by atomic mass is 35.5. The highest BCUT2D eigenvalue weighted by molar-refractivity contribution is 6.32. The number of hydrogen-bond donors (Lipinski definition) is 4. The summed E-state index contributed by atoms with van der Waals surface area (Å²) in [6.45, 7) is 3.33. The monoisotopic (exact) mass is 430 g/mol. The van der Waals surface area contributed by atoms with Crippen molar-refractivity contribution in [2.75, 3.05) is 6.61 Å². The van der Waals surface area contributed by atoms with Gasteiger partial charge in [0.2, 0.25) is 0 Å². The fourth-order valence-electron chi connectivity index (χ4n) is 4.57. The predicted molar refractivity (Wildman–Crippen MR) is 116 cm³/mol. The summed E-state index contributed by atoms with van der Waals surface area (Å²) < 4.78 is 5.85. The molecule has 0 bridgehead atoms. The smallest absolute Gasteiger partial charge is 0.113 e. The fourth-order valence-corrected chi connectivity index (χ4v) is 4.90. The molecule has 1 aliphatic heterocycles. The maximum Gasteiger partial charge on any atom is 0.113 e. The molecule has 2 aromatic rings. The van der Waals surface area contributed by atoms with Crippen LogP contribution >= 0.6 is 11.6 Å². The number of fused-ring (bicyclic) bond motifs is 1. The summed E-state index contributed by atoms with van der Waals surface area (Å²) in [6.07, 6.45) is -0.812. The van der Waals surface area contributed by atoms with E-state index in [-0.39, 0.29) is 0 Å². The fraction of sp³-hybridized carbons (Fsp3) is 0.417. The average molecular weight is 431 g/mol. The van der Waals surface area contributed by atoms with Gasteiger partial charge >= 0.3 is 0 Å². The van der Waals surface area contributed by atoms with E-state index in [1.807, 2.05) is 30.3 Å². The van der Waals surface area contributed by atoms with Crippen LogP contribution in [0.5, 0.6) is 0 Å². The van der Waals surface area contributed by atoms with Gasteiger partial charge in [-0.05, 0) is 59.1 Å². The molecule has 0 amide bonds. The third kappa shape index (κ3) is 3.82. The second-order valence-electron chi connectivity index (χ2n) is 8.12. The summed E-state index contributed by atoms with van der Waals surface area (Å²) in [7, 11) is 0. The van der Waals surface area contributed by atoms with Crippen molar-refractivity contribution in [2.45, 2.75) is 56.2 Å². The molecule has 1 heterocycles. The van der Waals surface area contributed by atoms with Crippen LogP contribution in [0.15, 0.2) is 36.9 Å². The molecule has 4 N–H and O–H groups in total. The molecule has 2 aromatic carbocycles. The van der Waals surface area contributed by atoms with Crippen molar-refractivity contribution in [3.05, 3.63) is 75.3 Å². The second-order valence-corrected chi connectivity index (χ2v) is 8.50. The molecule has 5 atom stereocenters. The molecule has 0 saturated carbocycles. The molecule has 4 rings (SSSR count). The number of ether oxygens (including phenoxy) is 1. The standard InChI is InChI=1S/C24H27ClO5/c1-2-13-6-8-14(9-7-13)10-15-11-18(16-4-3-5-17(16)20(15)25)24-23(29)22(28)21(27)19(12-26)30-24/h2,6-9,11,19,21-24,26-29H,1,3-5,10,12H2/t19-,21-,22+,23-,24+/m1/s1. The third-order valence-electron chi connectivity index (χ3n) is 6.25. The summed E-state index contributed by atoms with van der Waals surface area (Å²) in [6, 6.07) is 10.0. The zero-order chi connectivity index (χ0) is 21.4. The molecule has 5 nitrogen and oxygen atoms in total. The zero-order valence-electron chi connectivity index (χ0n) is 16.7. The first kappa shape index (κ1) is 21.5. The van der Waals surface area contributed by atoms with E-state index >= 15 is 0 Å². The first-order valence-corrected chi connectivity index (χ1v) is 10.7. The second kappa shape index (κ2) is 8.79. The minimum Gasteiger partial charge on any atom is -0.394 e. The SMILES string of the molecule is C=Cc1ccc(Cc2cc([C@@H]3O[C@H](CO)[C@@H](O)[C@H](O)[C@H]3O)c3c(c2Cl)CCC3)cc1. The Morgan fingerprint density at radius 3 is 2.40 bits per heavy atom. The van der Waals surface area contributed by atoms with E-state index in [1.165, 1.54) is 0 Å². The quantitative estimate of drug-likeness (QED) is 0.585. The number of aliphatic hydroxyl groups excluding tert-OH is 4. The summed E-state index contributed by atoms with van der Waals surface area (Å²) in [5.41, 5.74) is 5.94. The summed E-state index contributed by atoms with van der Waals surface area (Å²) in [5.74, 6) is 0. The minimum atomic E-state index is -1.40. The molecule has 160 valence electrons. The van der Waals surface area contributed by atoms with Crippen molar-refractivity contribution >= 4 is 17.7 Å². The van der Waals surface area contributed by atoms with E-state index in [9.17, 15) is 20.4 Å². The van der Waals surface area contributed by atoms with Crippen LogP contribution in [0.2, 0.25) is 5.02 Å². The van der Waals surface area contributed by atoms with Gasteiger partial charge in [-0.3, -0.25) is 0 Å². The highest BCUT2D eigenvalue weighted by Crippen LogP contribution is 2.42. The lowest BCUT2D eigenvalue weighted by molar-refractivity contribution is -0.231. The van der Waals surface area contributed by atoms with Crippen LogP contribution in [-0.4, -0.2) is 51.4 Å². The Morgan fingerprint density at radius 1 is 1.03 bits per heavy atom. The lowest BCUT2D eigenvalue weighted by atomic mass is 9.86. The van der Waals surface area contributed by atoms with Crippen molar-refractivity contribution < 1.29 is 25.2 Å². The zero-order valence-corrected chi connectivity index (χ0v) is 17.4. The molecule has 1 fully saturated rings. The molecule has 1 aliphatic carbocycles. The molecule has 0 radical (unpaired) electrons. The van der Waals surface area contributed by atoms with Crippen LogP contribution < -0.4 is 0 Å². The first-order valence-electron chi connectivity index (χ1n) is 10.3. The molecule has 1 saturated heterocycles. The number of rotatable bonds is 5. The molecule has 2 aliphatic rings. The van der Waals surface area contributed by atoms with Gasteiger partial charge in [0.1, 0.15) is 30.5 Å². The van der Waals surface area contributed by atoms with E-state index in [0.717, 1.165) is 57.7 Å². The topological polar surface area (TPSA) is 90.2 Å². The molecule has 0 aromatic heterocycles. The Hall–Kier alpha value is -1.73. The van der Waals surface area contributed by atoms with Gasteiger partial charge in [-0.15, -0.1) is 0 Å². The van der Waals surface area contributed by atoms with Gasteiger partial charge in [-0.2, -0.15) is 0 Å². The minimum absolute atomic E-state index is 0.445. The molecule has 0 unspecified atom stereocenters. The van der Waals surface area contributed by atoms with Crippen LogP contribution in [0.25, 0.3) is 6.08 Å². The Balaban J connectivity index is 1.73. The number of halogens is 1. The normalized spacial score (nSPS) is 28.4. The van der Waals surface area contributed by atoms with E-state index in [1.54, 1.807) is 6.08 Å². The van der Waals surface area contributed by atoms with Crippen molar-refractivity contribution in [3.8, 4) is 0 Å². The molecule has 0 spiro atoms. The van der Waals surface area contributed by atoms with E-state index in [2.05, 4.69) is 6.58 Å². The van der Waals surface area contributed by atoms with E-state index < -0.39 is 37.1 Å². The third-order valence-corrected chi connectivity index (χ3v) is 6.72. The van der Waals surface area contributed by atoms with Crippen LogP contribution in [-0.2, 0) is 24.0 Å². The van der Waals surface area contributed by atoms with E-state index in [4.69, 9.17) is 16.3 Å². The van der Waals surface area contributed by atoms with Gasteiger partial charge in [-0.1, -0.05) is 54.6 Å². The van der Waals surface area contributed by atoms with Crippen molar-refractivity contribution in [2.24, 2.45) is 0 Å². The van der Waals surface area contributed by atoms with Crippen LogP contribution in [0.3, 0.4) is 0 Å². The van der Waals surface area contributed by atoms with Crippen LogP contribution in [0.4, 0.5) is 0 Å². The number of hydrogen-bond acceptors (Lipinski definition) is 5. The van der Waals surface area contributed by atoms with Crippen molar-refractivity contribution in [1.29, 1.82) is 0 Å². The Morgan fingerprint density at radius 2 is 1.73 bits per heavy atom. The first-order chi connectivity index (χ1) is 14.4. The Bertz CT molecular complexity index is 924. The highest BCUT2D eigenvalue weighted by Gasteiger charge is 2.45. The Kier molecular flexibility index (Phi) is 6.30. The largest absolute Gasteiger partial charge is 0.394 e. The predicted octanol–water partition coefficient (Wildman–Crippen LogP) is 2.58. The lowest BCUT2D eigenvalue weighted by Gasteiger charge is -2.41. The molecular formula is C24H27ClO5. The van der Waals surface area contributed by atoms with E-state index in [0.29, 0.717) is 6.42 Å². The van der Waals surface area contributed by atoms with Gasteiger partial charge in [0.15, 0.2) is 0 Å². The van der Waals surface area contributed by atoms with Gasteiger partial charge in [0, 0.05) is 5.02 Å². The average Bonchev–Trinajstić information content (AvgIpc) is 3.26. The summed E-state index contributed by atoms with van der Waals surface area (Å²) in [4.78, 5) is 0. The van der Waals surface area contributed by atoms with Gasteiger partial charge in [-0.25, -0.2) is 0 Å². The van der Waals surface area contributed by atoms with Crippen LogP contribution in [0, 0.1) is 0 Å². The van der Waals surface area contributed by atoms with Gasteiger partial charge in [0.25, 0.3) is 0 Å².